The first-order valence-corrected chi connectivity index (χ1v) is 6.50. The summed E-state index contributed by atoms with van der Waals surface area (Å²) in [6, 6.07) is 9.00. The summed E-state index contributed by atoms with van der Waals surface area (Å²) >= 11 is 0. The Morgan fingerprint density at radius 3 is 2.57 bits per heavy atom. The average molecular weight is 281 g/mol. The van der Waals surface area contributed by atoms with Crippen LogP contribution in [0, 0.1) is 13.8 Å². The fourth-order valence-electron chi connectivity index (χ4n) is 2.35. The maximum absolute atomic E-state index is 11.7. The van der Waals surface area contributed by atoms with Crippen LogP contribution in [0.15, 0.2) is 30.3 Å². The lowest BCUT2D eigenvalue weighted by Gasteiger charge is -2.08. The number of anilines is 1. The number of carbonyl (C=O) groups is 1. The number of hydrogen-bond acceptors (Lipinski definition) is 4. The Morgan fingerprint density at radius 2 is 1.95 bits per heavy atom. The van der Waals surface area contributed by atoms with Gasteiger partial charge in [0, 0.05) is 5.39 Å². The zero-order valence-corrected chi connectivity index (χ0v) is 11.8. The van der Waals surface area contributed by atoms with E-state index in [1.165, 1.54) is 0 Å². The van der Waals surface area contributed by atoms with E-state index in [4.69, 9.17) is 11.5 Å². The number of amides is 1. The number of pyridine rings is 1. The van der Waals surface area contributed by atoms with Crippen molar-refractivity contribution in [3.8, 4) is 5.82 Å². The van der Waals surface area contributed by atoms with Gasteiger partial charge in [0.2, 0.25) is 5.91 Å². The van der Waals surface area contributed by atoms with Crippen molar-refractivity contribution in [2.24, 2.45) is 5.73 Å². The molecule has 0 bridgehead atoms. The van der Waals surface area contributed by atoms with Crippen LogP contribution < -0.4 is 11.5 Å². The highest BCUT2D eigenvalue weighted by atomic mass is 16.1. The molecule has 1 aromatic carbocycles. The van der Waals surface area contributed by atoms with E-state index in [-0.39, 0.29) is 0 Å². The Morgan fingerprint density at radius 1 is 1.24 bits per heavy atom. The number of primary amides is 1. The highest BCUT2D eigenvalue weighted by molar-refractivity contribution is 6.05. The molecule has 21 heavy (non-hydrogen) atoms. The number of benzene rings is 1. The van der Waals surface area contributed by atoms with Crippen molar-refractivity contribution in [2.45, 2.75) is 13.8 Å². The Hall–Kier alpha value is -2.89. The first-order chi connectivity index (χ1) is 9.99. The molecule has 0 saturated heterocycles. The normalized spacial score (nSPS) is 11.0. The summed E-state index contributed by atoms with van der Waals surface area (Å²) in [5.41, 5.74) is 14.7. The molecule has 2 heterocycles. The van der Waals surface area contributed by atoms with Crippen molar-refractivity contribution >= 4 is 22.5 Å². The summed E-state index contributed by atoms with van der Waals surface area (Å²) in [4.78, 5) is 16.2. The third-order valence-corrected chi connectivity index (χ3v) is 3.53. The van der Waals surface area contributed by atoms with Gasteiger partial charge in [-0.15, -0.1) is 0 Å². The maximum Gasteiger partial charge on any atom is 0.249 e. The van der Waals surface area contributed by atoms with Crippen LogP contribution in [0.3, 0.4) is 0 Å². The lowest BCUT2D eigenvalue weighted by Crippen LogP contribution is -2.14. The summed E-state index contributed by atoms with van der Waals surface area (Å²) in [6.07, 6.45) is 0. The number of nitrogens with zero attached hydrogens (tertiary/aromatic N) is 3. The predicted octanol–water partition coefficient (Wildman–Crippen LogP) is 1.72. The number of aromatic nitrogens is 3. The minimum Gasteiger partial charge on any atom is -0.396 e. The zero-order valence-electron chi connectivity index (χ0n) is 11.8. The van der Waals surface area contributed by atoms with E-state index >= 15 is 0 Å². The van der Waals surface area contributed by atoms with Crippen LogP contribution in [0.2, 0.25) is 0 Å². The Labute approximate surface area is 121 Å². The third kappa shape index (κ3) is 2.01. The summed E-state index contributed by atoms with van der Waals surface area (Å²) < 4.78 is 1.63. The number of nitrogen functional groups attached to an aromatic ring is 1. The SMILES string of the molecule is Cc1nn(-c2cc(C(N)=O)c3ccccc3n2)c(C)c1N. The van der Waals surface area contributed by atoms with E-state index in [1.807, 2.05) is 38.1 Å². The van der Waals surface area contributed by atoms with Gasteiger partial charge in [0.05, 0.1) is 28.2 Å². The number of nitrogens with two attached hydrogens (primary N) is 2. The maximum atomic E-state index is 11.7. The molecule has 0 unspecified atom stereocenters. The van der Waals surface area contributed by atoms with Gasteiger partial charge < -0.3 is 11.5 Å². The molecule has 2 aromatic heterocycles. The number of fused-ring (bicyclic) bond motifs is 1. The Balaban J connectivity index is 2.33. The molecule has 106 valence electrons. The molecular formula is C15H15N5O. The van der Waals surface area contributed by atoms with Crippen LogP contribution in [0.5, 0.6) is 0 Å². The third-order valence-electron chi connectivity index (χ3n) is 3.53. The minimum absolute atomic E-state index is 0.418. The lowest BCUT2D eigenvalue weighted by molar-refractivity contribution is 0.100. The Bertz CT molecular complexity index is 866. The molecule has 0 aliphatic heterocycles. The summed E-state index contributed by atoms with van der Waals surface area (Å²) in [6.45, 7) is 3.69. The lowest BCUT2D eigenvalue weighted by atomic mass is 10.1. The molecule has 6 nitrogen and oxygen atoms in total. The van der Waals surface area contributed by atoms with Crippen LogP contribution in [-0.2, 0) is 0 Å². The molecule has 1 amide bonds. The van der Waals surface area contributed by atoms with Crippen molar-refractivity contribution in [1.29, 1.82) is 0 Å². The second kappa shape index (κ2) is 4.59. The Kier molecular flexibility index (Phi) is 2.86. The van der Waals surface area contributed by atoms with Crippen LogP contribution in [0.4, 0.5) is 5.69 Å². The van der Waals surface area contributed by atoms with E-state index in [0.717, 1.165) is 16.8 Å². The molecule has 0 spiro atoms. The number of aryl methyl sites for hydroxylation is 1. The summed E-state index contributed by atoms with van der Waals surface area (Å²) in [5, 5.41) is 5.09. The first kappa shape index (κ1) is 13.1. The summed E-state index contributed by atoms with van der Waals surface area (Å²) in [5.74, 6) is 0.0316. The fourth-order valence-corrected chi connectivity index (χ4v) is 2.35. The zero-order chi connectivity index (χ0) is 15.1. The highest BCUT2D eigenvalue weighted by Gasteiger charge is 2.15. The van der Waals surface area contributed by atoms with Crippen LogP contribution >= 0.6 is 0 Å². The van der Waals surface area contributed by atoms with Crippen LogP contribution in [0.1, 0.15) is 21.7 Å². The first-order valence-electron chi connectivity index (χ1n) is 6.50. The van der Waals surface area contributed by atoms with Crippen molar-refractivity contribution in [2.75, 3.05) is 5.73 Å². The van der Waals surface area contributed by atoms with Gasteiger partial charge in [0.15, 0.2) is 5.82 Å². The number of para-hydroxylation sites is 1. The molecule has 0 fully saturated rings. The standard InChI is InChI=1S/C15H15N5O/c1-8-14(16)9(2)20(19-8)13-7-11(15(17)21)10-5-3-4-6-12(10)18-13/h3-7H,16H2,1-2H3,(H2,17,21). The van der Waals surface area contributed by atoms with Crippen molar-refractivity contribution in [1.82, 2.24) is 14.8 Å². The second-order valence-corrected chi connectivity index (χ2v) is 4.91. The van der Waals surface area contributed by atoms with Crippen LogP contribution in [0.25, 0.3) is 16.7 Å². The van der Waals surface area contributed by atoms with E-state index in [0.29, 0.717) is 22.6 Å². The summed E-state index contributed by atoms with van der Waals surface area (Å²) in [7, 11) is 0. The number of rotatable bonds is 2. The molecule has 0 atom stereocenters. The van der Waals surface area contributed by atoms with E-state index in [9.17, 15) is 4.79 Å². The van der Waals surface area contributed by atoms with Gasteiger partial charge in [0.1, 0.15) is 0 Å². The molecule has 3 aromatic rings. The highest BCUT2D eigenvalue weighted by Crippen LogP contribution is 2.23. The molecule has 0 aliphatic carbocycles. The van der Waals surface area contributed by atoms with Crippen molar-refractivity contribution in [3.63, 3.8) is 0 Å². The fraction of sp³-hybridized carbons (Fsp3) is 0.133. The molecule has 0 aliphatic rings. The molecule has 6 heteroatoms. The van der Waals surface area contributed by atoms with Gasteiger partial charge in [-0.1, -0.05) is 18.2 Å². The van der Waals surface area contributed by atoms with Gasteiger partial charge in [-0.25, -0.2) is 9.67 Å². The van der Waals surface area contributed by atoms with Gasteiger partial charge >= 0.3 is 0 Å². The molecule has 0 radical (unpaired) electrons. The van der Waals surface area contributed by atoms with Crippen molar-refractivity contribution in [3.05, 3.63) is 47.3 Å². The number of hydrogen-bond donors (Lipinski definition) is 2. The van der Waals surface area contributed by atoms with E-state index in [2.05, 4.69) is 10.1 Å². The molecule has 0 saturated carbocycles. The van der Waals surface area contributed by atoms with Gasteiger partial charge in [-0.2, -0.15) is 5.10 Å². The van der Waals surface area contributed by atoms with Gasteiger partial charge in [0.25, 0.3) is 0 Å². The minimum atomic E-state index is -0.496. The van der Waals surface area contributed by atoms with Crippen molar-refractivity contribution < 1.29 is 4.79 Å². The average Bonchev–Trinajstić information content (AvgIpc) is 2.73. The molecular weight excluding hydrogens is 266 g/mol. The topological polar surface area (TPSA) is 99.8 Å². The smallest absolute Gasteiger partial charge is 0.249 e. The largest absolute Gasteiger partial charge is 0.396 e. The second-order valence-electron chi connectivity index (χ2n) is 4.91. The quantitative estimate of drug-likeness (QED) is 0.746. The van der Waals surface area contributed by atoms with Gasteiger partial charge in [-0.05, 0) is 26.0 Å². The number of carbonyl (C=O) groups excluding carboxylic acids is 1. The molecule has 3 rings (SSSR count). The van der Waals surface area contributed by atoms with Crippen LogP contribution in [-0.4, -0.2) is 20.7 Å². The monoisotopic (exact) mass is 281 g/mol. The van der Waals surface area contributed by atoms with E-state index < -0.39 is 5.91 Å². The predicted molar refractivity (Wildman–Crippen MR) is 81.3 cm³/mol. The molecule has 4 N–H and O–H groups in total. The van der Waals surface area contributed by atoms with Gasteiger partial charge in [-0.3, -0.25) is 4.79 Å². The van der Waals surface area contributed by atoms with E-state index in [1.54, 1.807) is 10.7 Å².